The van der Waals surface area contributed by atoms with E-state index in [1.807, 2.05) is 12.1 Å². The number of hydrogen-bond donors (Lipinski definition) is 1. The fraction of sp³-hybridized carbons (Fsp3) is 0.294. The maximum Gasteiger partial charge on any atom is 0.126 e. The molecule has 0 saturated carbocycles. The summed E-state index contributed by atoms with van der Waals surface area (Å²) in [5.41, 5.74) is 3.12. The topological polar surface area (TPSA) is 12.0 Å². The Morgan fingerprint density at radius 1 is 1.20 bits per heavy atom. The van der Waals surface area contributed by atoms with Crippen LogP contribution in [-0.4, -0.2) is 6.54 Å². The molecule has 0 heterocycles. The molecular weight excluding hydrogens is 317 g/mol. The van der Waals surface area contributed by atoms with Crippen molar-refractivity contribution in [1.82, 2.24) is 5.32 Å². The number of nitrogens with one attached hydrogen (secondary N) is 1. The lowest BCUT2D eigenvalue weighted by Crippen LogP contribution is -2.23. The van der Waals surface area contributed by atoms with E-state index in [-0.39, 0.29) is 11.9 Å². The molecule has 0 fully saturated rings. The van der Waals surface area contributed by atoms with E-state index in [1.54, 1.807) is 6.07 Å². The molecule has 0 aliphatic heterocycles. The van der Waals surface area contributed by atoms with Crippen molar-refractivity contribution in [2.45, 2.75) is 26.3 Å². The second-order valence-electron chi connectivity index (χ2n) is 4.93. The van der Waals surface area contributed by atoms with Crippen LogP contribution >= 0.6 is 15.9 Å². The van der Waals surface area contributed by atoms with Crippen molar-refractivity contribution >= 4 is 15.9 Å². The SMILES string of the molecule is CCNC(Cc1ccccc1F)c1ccc(C)cc1Br. The van der Waals surface area contributed by atoms with Crippen molar-refractivity contribution in [3.8, 4) is 0 Å². The smallest absolute Gasteiger partial charge is 0.126 e. The maximum absolute atomic E-state index is 13.8. The highest BCUT2D eigenvalue weighted by atomic mass is 79.9. The summed E-state index contributed by atoms with van der Waals surface area (Å²) in [6, 6.07) is 13.4. The van der Waals surface area contributed by atoms with E-state index in [1.165, 1.54) is 17.2 Å². The molecule has 1 nitrogen and oxygen atoms in total. The largest absolute Gasteiger partial charge is 0.310 e. The number of rotatable bonds is 5. The minimum absolute atomic E-state index is 0.104. The van der Waals surface area contributed by atoms with Crippen LogP contribution in [-0.2, 0) is 6.42 Å². The zero-order valence-corrected chi connectivity index (χ0v) is 13.4. The molecule has 0 bridgehead atoms. The Hall–Kier alpha value is -1.19. The molecule has 0 radical (unpaired) electrons. The van der Waals surface area contributed by atoms with Crippen LogP contribution in [0.5, 0.6) is 0 Å². The minimum Gasteiger partial charge on any atom is -0.310 e. The zero-order valence-electron chi connectivity index (χ0n) is 11.8. The molecule has 106 valence electrons. The second-order valence-corrected chi connectivity index (χ2v) is 5.79. The van der Waals surface area contributed by atoms with E-state index >= 15 is 0 Å². The summed E-state index contributed by atoms with van der Waals surface area (Å²) in [6.45, 7) is 4.98. The number of aryl methyl sites for hydroxylation is 1. The summed E-state index contributed by atoms with van der Waals surface area (Å²) in [5, 5.41) is 3.44. The highest BCUT2D eigenvalue weighted by Gasteiger charge is 2.16. The van der Waals surface area contributed by atoms with Crippen LogP contribution in [0.1, 0.15) is 29.7 Å². The van der Waals surface area contributed by atoms with E-state index in [0.717, 1.165) is 16.6 Å². The van der Waals surface area contributed by atoms with Gasteiger partial charge in [0.1, 0.15) is 5.82 Å². The van der Waals surface area contributed by atoms with Gasteiger partial charge in [0.15, 0.2) is 0 Å². The van der Waals surface area contributed by atoms with E-state index < -0.39 is 0 Å². The monoisotopic (exact) mass is 335 g/mol. The molecule has 0 spiro atoms. The van der Waals surface area contributed by atoms with Crippen molar-refractivity contribution in [2.24, 2.45) is 0 Å². The Labute approximate surface area is 128 Å². The molecule has 0 aromatic heterocycles. The van der Waals surface area contributed by atoms with Crippen LogP contribution in [0.3, 0.4) is 0 Å². The third-order valence-electron chi connectivity index (χ3n) is 3.36. The molecular formula is C17H19BrFN. The van der Waals surface area contributed by atoms with Crippen molar-refractivity contribution in [2.75, 3.05) is 6.54 Å². The van der Waals surface area contributed by atoms with Gasteiger partial charge in [0.2, 0.25) is 0 Å². The molecule has 1 unspecified atom stereocenters. The average molecular weight is 336 g/mol. The molecule has 2 aromatic rings. The van der Waals surface area contributed by atoms with Crippen LogP contribution in [0.2, 0.25) is 0 Å². The summed E-state index contributed by atoms with van der Waals surface area (Å²) < 4.78 is 14.9. The van der Waals surface area contributed by atoms with E-state index in [0.29, 0.717) is 6.42 Å². The number of halogens is 2. The zero-order chi connectivity index (χ0) is 14.5. The molecule has 0 aliphatic carbocycles. The minimum atomic E-state index is -0.140. The Bertz CT molecular complexity index is 583. The van der Waals surface area contributed by atoms with Gasteiger partial charge in [0.25, 0.3) is 0 Å². The maximum atomic E-state index is 13.8. The Morgan fingerprint density at radius 2 is 1.95 bits per heavy atom. The summed E-state index contributed by atoms with van der Waals surface area (Å²) >= 11 is 3.62. The predicted molar refractivity (Wildman–Crippen MR) is 85.4 cm³/mol. The van der Waals surface area contributed by atoms with Gasteiger partial charge in [-0.2, -0.15) is 0 Å². The van der Waals surface area contributed by atoms with Gasteiger partial charge in [-0.05, 0) is 48.7 Å². The number of likely N-dealkylation sites (N-methyl/N-ethyl adjacent to an activating group) is 1. The lowest BCUT2D eigenvalue weighted by atomic mass is 9.97. The fourth-order valence-electron chi connectivity index (χ4n) is 2.34. The predicted octanol–water partition coefficient (Wildman–Crippen LogP) is 4.79. The van der Waals surface area contributed by atoms with Crippen molar-refractivity contribution in [3.05, 3.63) is 69.4 Å². The van der Waals surface area contributed by atoms with Crippen molar-refractivity contribution in [1.29, 1.82) is 0 Å². The normalized spacial score (nSPS) is 12.4. The summed E-state index contributed by atoms with van der Waals surface area (Å²) in [5.74, 6) is -0.140. The molecule has 3 heteroatoms. The standard InChI is InChI=1S/C17H19BrFN/c1-3-20-17(11-13-6-4-5-7-16(13)19)14-9-8-12(2)10-15(14)18/h4-10,17,20H,3,11H2,1-2H3. The summed E-state index contributed by atoms with van der Waals surface area (Å²) in [6.07, 6.45) is 0.641. The number of benzene rings is 2. The molecule has 0 amide bonds. The van der Waals surface area contributed by atoms with Crippen LogP contribution in [0, 0.1) is 12.7 Å². The van der Waals surface area contributed by atoms with Gasteiger partial charge < -0.3 is 5.32 Å². The molecule has 0 saturated heterocycles. The third-order valence-corrected chi connectivity index (χ3v) is 4.05. The van der Waals surface area contributed by atoms with E-state index in [2.05, 4.69) is 53.3 Å². The Kier molecular flexibility index (Phi) is 5.32. The second kappa shape index (κ2) is 7.00. The van der Waals surface area contributed by atoms with Gasteiger partial charge in [0, 0.05) is 10.5 Å². The molecule has 2 aromatic carbocycles. The van der Waals surface area contributed by atoms with Gasteiger partial charge in [-0.15, -0.1) is 0 Å². The lowest BCUT2D eigenvalue weighted by molar-refractivity contribution is 0.526. The molecule has 2 rings (SSSR count). The van der Waals surface area contributed by atoms with Crippen LogP contribution in [0.15, 0.2) is 46.9 Å². The first-order chi connectivity index (χ1) is 9.61. The first-order valence-electron chi connectivity index (χ1n) is 6.84. The average Bonchev–Trinajstić information content (AvgIpc) is 2.41. The highest BCUT2D eigenvalue weighted by Crippen LogP contribution is 2.27. The fourth-order valence-corrected chi connectivity index (χ4v) is 3.11. The van der Waals surface area contributed by atoms with Crippen LogP contribution < -0.4 is 5.32 Å². The van der Waals surface area contributed by atoms with Gasteiger partial charge in [-0.1, -0.05) is 53.2 Å². The first kappa shape index (κ1) is 15.2. The third kappa shape index (κ3) is 3.68. The van der Waals surface area contributed by atoms with Gasteiger partial charge >= 0.3 is 0 Å². The van der Waals surface area contributed by atoms with Crippen molar-refractivity contribution in [3.63, 3.8) is 0 Å². The first-order valence-corrected chi connectivity index (χ1v) is 7.64. The quantitative estimate of drug-likeness (QED) is 0.828. The van der Waals surface area contributed by atoms with Crippen LogP contribution in [0.4, 0.5) is 4.39 Å². The van der Waals surface area contributed by atoms with Crippen LogP contribution in [0.25, 0.3) is 0 Å². The van der Waals surface area contributed by atoms with Gasteiger partial charge in [-0.25, -0.2) is 4.39 Å². The van der Waals surface area contributed by atoms with Crippen molar-refractivity contribution < 1.29 is 4.39 Å². The van der Waals surface area contributed by atoms with E-state index in [9.17, 15) is 4.39 Å². The highest BCUT2D eigenvalue weighted by molar-refractivity contribution is 9.10. The Balaban J connectivity index is 2.29. The molecule has 1 atom stereocenters. The molecule has 0 aliphatic rings. The molecule has 20 heavy (non-hydrogen) atoms. The molecule has 1 N–H and O–H groups in total. The lowest BCUT2D eigenvalue weighted by Gasteiger charge is -2.20. The van der Waals surface area contributed by atoms with Gasteiger partial charge in [0.05, 0.1) is 0 Å². The van der Waals surface area contributed by atoms with Gasteiger partial charge in [-0.3, -0.25) is 0 Å². The number of hydrogen-bond acceptors (Lipinski definition) is 1. The summed E-state index contributed by atoms with van der Waals surface area (Å²) in [4.78, 5) is 0. The Morgan fingerprint density at radius 3 is 2.60 bits per heavy atom. The van der Waals surface area contributed by atoms with E-state index in [4.69, 9.17) is 0 Å². The summed E-state index contributed by atoms with van der Waals surface area (Å²) in [7, 11) is 0.